The highest BCUT2D eigenvalue weighted by molar-refractivity contribution is 14.1. The van der Waals surface area contributed by atoms with Crippen molar-refractivity contribution in [3.8, 4) is 5.75 Å². The molecule has 0 aromatic heterocycles. The Labute approximate surface area is 132 Å². The summed E-state index contributed by atoms with van der Waals surface area (Å²) in [5.41, 5.74) is -0.277. The van der Waals surface area contributed by atoms with Crippen molar-refractivity contribution in [1.82, 2.24) is 5.32 Å². The Morgan fingerprint density at radius 3 is 2.70 bits per heavy atom. The molecule has 1 fully saturated rings. The van der Waals surface area contributed by atoms with Gasteiger partial charge in [-0.3, -0.25) is 4.79 Å². The highest BCUT2D eigenvalue weighted by Crippen LogP contribution is 2.32. The minimum Gasteiger partial charge on any atom is -0.507 e. The number of aliphatic hydroxyl groups is 1. The molecule has 0 heterocycles. The molecular formula is C15H20INO3. The highest BCUT2D eigenvalue weighted by atomic mass is 127. The van der Waals surface area contributed by atoms with Crippen LogP contribution < -0.4 is 5.32 Å². The maximum atomic E-state index is 12.3. The molecule has 1 aliphatic rings. The smallest absolute Gasteiger partial charge is 0.255 e. The van der Waals surface area contributed by atoms with E-state index in [1.54, 1.807) is 12.1 Å². The lowest BCUT2D eigenvalue weighted by molar-refractivity contribution is 0.0715. The molecule has 3 N–H and O–H groups in total. The molecule has 5 heteroatoms. The van der Waals surface area contributed by atoms with E-state index in [-0.39, 0.29) is 23.8 Å². The number of phenolic OH excluding ortho intramolecular Hbond substituents is 1. The molecule has 0 aliphatic heterocycles. The summed E-state index contributed by atoms with van der Waals surface area (Å²) < 4.78 is 0.890. The van der Waals surface area contributed by atoms with E-state index in [9.17, 15) is 15.0 Å². The largest absolute Gasteiger partial charge is 0.507 e. The van der Waals surface area contributed by atoms with Crippen LogP contribution in [0.5, 0.6) is 5.75 Å². The zero-order chi connectivity index (χ0) is 14.8. The highest BCUT2D eigenvalue weighted by Gasteiger charge is 2.35. The zero-order valence-corrected chi connectivity index (χ0v) is 13.7. The van der Waals surface area contributed by atoms with Gasteiger partial charge in [-0.1, -0.05) is 6.92 Å². The Morgan fingerprint density at radius 2 is 2.10 bits per heavy atom. The van der Waals surface area contributed by atoms with Crippen molar-refractivity contribution in [2.24, 2.45) is 5.92 Å². The topological polar surface area (TPSA) is 69.6 Å². The van der Waals surface area contributed by atoms with Gasteiger partial charge in [-0.25, -0.2) is 0 Å². The van der Waals surface area contributed by atoms with Gasteiger partial charge in [0.15, 0.2) is 0 Å². The number of phenols is 1. The minimum atomic E-state index is -0.544. The predicted molar refractivity (Wildman–Crippen MR) is 85.7 cm³/mol. The lowest BCUT2D eigenvalue weighted by atomic mass is 9.77. The van der Waals surface area contributed by atoms with Gasteiger partial charge in [-0.15, -0.1) is 0 Å². The van der Waals surface area contributed by atoms with Gasteiger partial charge in [0.2, 0.25) is 0 Å². The van der Waals surface area contributed by atoms with Crippen molar-refractivity contribution in [1.29, 1.82) is 0 Å². The third kappa shape index (κ3) is 3.44. The van der Waals surface area contributed by atoms with Gasteiger partial charge in [-0.2, -0.15) is 0 Å². The number of halogens is 1. The Kier molecular flexibility index (Phi) is 4.90. The van der Waals surface area contributed by atoms with Crippen LogP contribution in [0.2, 0.25) is 0 Å². The maximum Gasteiger partial charge on any atom is 0.255 e. The third-order valence-electron chi connectivity index (χ3n) is 4.12. The van der Waals surface area contributed by atoms with Crippen LogP contribution in [0.3, 0.4) is 0 Å². The summed E-state index contributed by atoms with van der Waals surface area (Å²) in [4.78, 5) is 12.3. The molecule has 1 aromatic carbocycles. The molecule has 1 aliphatic carbocycles. The van der Waals surface area contributed by atoms with Crippen molar-refractivity contribution in [3.05, 3.63) is 27.3 Å². The fraction of sp³-hybridized carbons (Fsp3) is 0.533. The van der Waals surface area contributed by atoms with E-state index < -0.39 is 5.54 Å². The van der Waals surface area contributed by atoms with E-state index in [2.05, 4.69) is 34.8 Å². The number of amides is 1. The van der Waals surface area contributed by atoms with Crippen LogP contribution in [0.1, 0.15) is 43.0 Å². The molecule has 0 bridgehead atoms. The Bertz CT molecular complexity index is 496. The average molecular weight is 389 g/mol. The first-order valence-electron chi connectivity index (χ1n) is 6.88. The van der Waals surface area contributed by atoms with Crippen molar-refractivity contribution in [2.75, 3.05) is 6.61 Å². The number of nitrogens with one attached hydrogen (secondary N) is 1. The van der Waals surface area contributed by atoms with E-state index in [4.69, 9.17) is 0 Å². The fourth-order valence-corrected chi connectivity index (χ4v) is 3.13. The molecule has 1 saturated carbocycles. The number of hydrogen-bond acceptors (Lipinski definition) is 3. The van der Waals surface area contributed by atoms with E-state index in [0.717, 1.165) is 29.3 Å². The maximum absolute atomic E-state index is 12.3. The minimum absolute atomic E-state index is 0.0276. The number of aliphatic hydroxyl groups excluding tert-OH is 1. The summed E-state index contributed by atoms with van der Waals surface area (Å²) in [6.45, 7) is 2.13. The summed E-state index contributed by atoms with van der Waals surface area (Å²) in [6.07, 6.45) is 3.56. The normalized spacial score (nSPS) is 26.2. The summed E-state index contributed by atoms with van der Waals surface area (Å²) in [5, 5.41) is 22.4. The van der Waals surface area contributed by atoms with E-state index >= 15 is 0 Å². The van der Waals surface area contributed by atoms with Gasteiger partial charge in [0.05, 0.1) is 17.7 Å². The Balaban J connectivity index is 2.15. The Morgan fingerprint density at radius 1 is 1.45 bits per heavy atom. The number of hydrogen-bond donors (Lipinski definition) is 3. The van der Waals surface area contributed by atoms with Crippen molar-refractivity contribution in [2.45, 2.75) is 38.1 Å². The van der Waals surface area contributed by atoms with Gasteiger partial charge in [0.1, 0.15) is 5.75 Å². The number of rotatable bonds is 3. The van der Waals surface area contributed by atoms with Crippen LogP contribution in [-0.4, -0.2) is 28.3 Å². The second-order valence-electron chi connectivity index (χ2n) is 5.74. The molecule has 1 amide bonds. The van der Waals surface area contributed by atoms with Crippen LogP contribution in [0.4, 0.5) is 0 Å². The van der Waals surface area contributed by atoms with E-state index in [0.29, 0.717) is 5.92 Å². The molecule has 0 spiro atoms. The SMILES string of the molecule is CC1CCC(CO)(NC(=O)c2cc(I)ccc2O)CC1. The summed E-state index contributed by atoms with van der Waals surface area (Å²) in [7, 11) is 0. The standard InChI is InChI=1S/C15H20INO3/c1-10-4-6-15(9-18,7-5-10)17-14(20)12-8-11(16)2-3-13(12)19/h2-3,8,10,18-19H,4-7,9H2,1H3,(H,17,20). The lowest BCUT2D eigenvalue weighted by Crippen LogP contribution is -2.53. The first kappa shape index (κ1) is 15.6. The van der Waals surface area contributed by atoms with Crippen molar-refractivity contribution < 1.29 is 15.0 Å². The predicted octanol–water partition coefficient (Wildman–Crippen LogP) is 2.67. The second kappa shape index (κ2) is 6.30. The molecule has 110 valence electrons. The van der Waals surface area contributed by atoms with Crippen LogP contribution in [0.25, 0.3) is 0 Å². The number of benzene rings is 1. The zero-order valence-electron chi connectivity index (χ0n) is 11.5. The first-order valence-corrected chi connectivity index (χ1v) is 7.95. The van der Waals surface area contributed by atoms with Gasteiger partial charge in [0.25, 0.3) is 5.91 Å². The molecule has 0 radical (unpaired) electrons. The number of aromatic hydroxyl groups is 1. The average Bonchev–Trinajstić information content (AvgIpc) is 2.44. The Hall–Kier alpha value is -0.820. The fourth-order valence-electron chi connectivity index (χ4n) is 2.64. The monoisotopic (exact) mass is 389 g/mol. The third-order valence-corrected chi connectivity index (χ3v) is 4.79. The molecule has 0 unspecified atom stereocenters. The van der Waals surface area contributed by atoms with Crippen LogP contribution in [0.15, 0.2) is 18.2 Å². The van der Waals surface area contributed by atoms with Gasteiger partial charge in [-0.05, 0) is 72.4 Å². The van der Waals surface area contributed by atoms with Crippen LogP contribution in [0, 0.1) is 9.49 Å². The summed E-state index contributed by atoms with van der Waals surface area (Å²) in [6, 6.07) is 4.92. The van der Waals surface area contributed by atoms with Gasteiger partial charge >= 0.3 is 0 Å². The number of carbonyl (C=O) groups is 1. The molecule has 0 atom stereocenters. The molecule has 0 saturated heterocycles. The molecule has 4 nitrogen and oxygen atoms in total. The summed E-state index contributed by atoms with van der Waals surface area (Å²) in [5.74, 6) is 0.294. The molecule has 2 rings (SSSR count). The number of carbonyl (C=O) groups excluding carboxylic acids is 1. The molecule has 1 aromatic rings. The van der Waals surface area contributed by atoms with E-state index in [1.165, 1.54) is 6.07 Å². The van der Waals surface area contributed by atoms with Gasteiger partial charge in [0, 0.05) is 3.57 Å². The molecule has 20 heavy (non-hydrogen) atoms. The van der Waals surface area contributed by atoms with Crippen molar-refractivity contribution >= 4 is 28.5 Å². The first-order chi connectivity index (χ1) is 9.46. The van der Waals surface area contributed by atoms with Crippen molar-refractivity contribution in [3.63, 3.8) is 0 Å². The van der Waals surface area contributed by atoms with Gasteiger partial charge < -0.3 is 15.5 Å². The second-order valence-corrected chi connectivity index (χ2v) is 6.98. The quantitative estimate of drug-likeness (QED) is 0.697. The van der Waals surface area contributed by atoms with E-state index in [1.807, 2.05) is 0 Å². The summed E-state index contributed by atoms with van der Waals surface area (Å²) >= 11 is 2.10. The molecular weight excluding hydrogens is 369 g/mol. The van der Waals surface area contributed by atoms with Crippen LogP contribution in [-0.2, 0) is 0 Å². The lowest BCUT2D eigenvalue weighted by Gasteiger charge is -2.38. The van der Waals surface area contributed by atoms with Crippen LogP contribution >= 0.6 is 22.6 Å².